The Labute approximate surface area is 104 Å². The van der Waals surface area contributed by atoms with E-state index in [0.29, 0.717) is 12.1 Å². The van der Waals surface area contributed by atoms with Crippen molar-refractivity contribution in [2.24, 2.45) is 5.92 Å². The summed E-state index contributed by atoms with van der Waals surface area (Å²) in [4.78, 5) is 25.3. The number of carbonyl (C=O) groups excluding carboxylic acids is 2. The Hall–Kier alpha value is -1.36. The largest absolute Gasteiger partial charge is 0.469 e. The highest BCUT2D eigenvalue weighted by Crippen LogP contribution is 2.20. The van der Waals surface area contributed by atoms with Gasteiger partial charge in [0.2, 0.25) is 0 Å². The van der Waals surface area contributed by atoms with Crippen LogP contribution in [0, 0.1) is 5.92 Å². The van der Waals surface area contributed by atoms with Gasteiger partial charge in [0.25, 0.3) is 5.91 Å². The van der Waals surface area contributed by atoms with Crippen LogP contribution in [0.3, 0.4) is 0 Å². The van der Waals surface area contributed by atoms with Gasteiger partial charge in [-0.2, -0.15) is 11.3 Å². The van der Waals surface area contributed by atoms with Crippen molar-refractivity contribution in [2.45, 2.75) is 12.8 Å². The average molecular weight is 253 g/mol. The second-order valence-corrected chi connectivity index (χ2v) is 4.91. The Balaban J connectivity index is 2.02. The fourth-order valence-electron chi connectivity index (χ4n) is 2.09. The number of nitrogens with zero attached hydrogens (tertiary/aromatic N) is 1. The summed E-state index contributed by atoms with van der Waals surface area (Å²) < 4.78 is 4.73. The van der Waals surface area contributed by atoms with Gasteiger partial charge >= 0.3 is 5.97 Å². The third-order valence-electron chi connectivity index (χ3n) is 3.01. The molecule has 1 unspecified atom stereocenters. The lowest BCUT2D eigenvalue weighted by Crippen LogP contribution is -2.42. The predicted octanol–water partition coefficient (Wildman–Crippen LogP) is 1.77. The smallest absolute Gasteiger partial charge is 0.310 e. The van der Waals surface area contributed by atoms with Crippen molar-refractivity contribution in [3.05, 3.63) is 22.4 Å². The molecule has 0 saturated carbocycles. The zero-order chi connectivity index (χ0) is 12.3. The van der Waals surface area contributed by atoms with Gasteiger partial charge in [-0.05, 0) is 24.3 Å². The minimum absolute atomic E-state index is 0.0138. The van der Waals surface area contributed by atoms with Crippen molar-refractivity contribution in [3.8, 4) is 0 Å². The molecule has 1 aromatic heterocycles. The number of hydrogen-bond acceptors (Lipinski definition) is 4. The quantitative estimate of drug-likeness (QED) is 0.755. The number of carbonyl (C=O) groups is 2. The monoisotopic (exact) mass is 253 g/mol. The minimum atomic E-state index is -0.215. The summed E-state index contributed by atoms with van der Waals surface area (Å²) in [5.41, 5.74) is 0.709. The summed E-state index contributed by atoms with van der Waals surface area (Å²) in [7, 11) is 1.39. The number of esters is 1. The van der Waals surface area contributed by atoms with Gasteiger partial charge in [0.15, 0.2) is 0 Å². The van der Waals surface area contributed by atoms with E-state index in [1.54, 1.807) is 4.90 Å². The number of ether oxygens (including phenoxy) is 1. The number of piperidine rings is 1. The number of hydrogen-bond donors (Lipinski definition) is 0. The molecule has 4 nitrogen and oxygen atoms in total. The molecular formula is C12H15NO3S. The molecule has 5 heteroatoms. The van der Waals surface area contributed by atoms with E-state index in [1.165, 1.54) is 18.4 Å². The lowest BCUT2D eigenvalue weighted by molar-refractivity contribution is -0.146. The topological polar surface area (TPSA) is 46.6 Å². The average Bonchev–Trinajstić information content (AvgIpc) is 2.91. The van der Waals surface area contributed by atoms with E-state index in [4.69, 9.17) is 4.74 Å². The van der Waals surface area contributed by atoms with Crippen LogP contribution in [-0.2, 0) is 9.53 Å². The molecule has 1 fully saturated rings. The normalized spacial score (nSPS) is 20.1. The van der Waals surface area contributed by atoms with Crippen molar-refractivity contribution in [2.75, 3.05) is 20.2 Å². The minimum Gasteiger partial charge on any atom is -0.469 e. The highest BCUT2D eigenvalue weighted by Gasteiger charge is 2.29. The maximum absolute atomic E-state index is 12.1. The molecule has 0 bridgehead atoms. The summed E-state index contributed by atoms with van der Waals surface area (Å²) in [6, 6.07) is 1.81. The first-order chi connectivity index (χ1) is 8.22. The molecule has 0 spiro atoms. The van der Waals surface area contributed by atoms with Gasteiger partial charge in [-0.25, -0.2) is 0 Å². The SMILES string of the molecule is COC(=O)C1CCCN(C(=O)c2ccsc2)C1. The first kappa shape index (κ1) is 12.1. The van der Waals surface area contributed by atoms with E-state index < -0.39 is 0 Å². The van der Waals surface area contributed by atoms with E-state index in [9.17, 15) is 9.59 Å². The Bertz CT molecular complexity index is 402. The molecule has 1 amide bonds. The summed E-state index contributed by atoms with van der Waals surface area (Å²) in [5, 5.41) is 3.72. The summed E-state index contributed by atoms with van der Waals surface area (Å²) in [6.45, 7) is 1.20. The second-order valence-electron chi connectivity index (χ2n) is 4.13. The Morgan fingerprint density at radius 2 is 2.35 bits per heavy atom. The van der Waals surface area contributed by atoms with Crippen LogP contribution in [0.2, 0.25) is 0 Å². The maximum Gasteiger partial charge on any atom is 0.310 e. The molecule has 2 heterocycles. The van der Waals surface area contributed by atoms with E-state index in [-0.39, 0.29) is 17.8 Å². The second kappa shape index (κ2) is 5.31. The Morgan fingerprint density at radius 1 is 1.53 bits per heavy atom. The highest BCUT2D eigenvalue weighted by atomic mass is 32.1. The van der Waals surface area contributed by atoms with Crippen LogP contribution in [0.15, 0.2) is 16.8 Å². The molecule has 0 N–H and O–H groups in total. The lowest BCUT2D eigenvalue weighted by Gasteiger charge is -2.31. The van der Waals surface area contributed by atoms with Crippen LogP contribution in [0.4, 0.5) is 0 Å². The third-order valence-corrected chi connectivity index (χ3v) is 3.69. The number of thiophene rings is 1. The fraction of sp³-hybridized carbons (Fsp3) is 0.500. The zero-order valence-corrected chi connectivity index (χ0v) is 10.5. The van der Waals surface area contributed by atoms with Crippen molar-refractivity contribution in [1.29, 1.82) is 0 Å². The molecule has 17 heavy (non-hydrogen) atoms. The molecule has 92 valence electrons. The molecule has 1 atom stereocenters. The predicted molar refractivity (Wildman–Crippen MR) is 65.0 cm³/mol. The van der Waals surface area contributed by atoms with Gasteiger partial charge in [-0.3, -0.25) is 9.59 Å². The van der Waals surface area contributed by atoms with Crippen molar-refractivity contribution < 1.29 is 14.3 Å². The molecule has 1 aliphatic heterocycles. The lowest BCUT2D eigenvalue weighted by atomic mass is 9.98. The van der Waals surface area contributed by atoms with Crippen molar-refractivity contribution in [3.63, 3.8) is 0 Å². The van der Waals surface area contributed by atoms with Gasteiger partial charge in [0, 0.05) is 18.5 Å². The van der Waals surface area contributed by atoms with Crippen LogP contribution in [0.1, 0.15) is 23.2 Å². The van der Waals surface area contributed by atoms with Crippen LogP contribution in [-0.4, -0.2) is 37.0 Å². The van der Waals surface area contributed by atoms with Crippen LogP contribution >= 0.6 is 11.3 Å². The maximum atomic E-state index is 12.1. The summed E-state index contributed by atoms with van der Waals surface area (Å²) in [5.74, 6) is -0.371. The van der Waals surface area contributed by atoms with Crippen LogP contribution in [0.5, 0.6) is 0 Å². The summed E-state index contributed by atoms with van der Waals surface area (Å²) in [6.07, 6.45) is 1.66. The molecule has 1 saturated heterocycles. The van der Waals surface area contributed by atoms with Crippen molar-refractivity contribution >= 4 is 23.2 Å². The standard InChI is InChI=1S/C12H15NO3S/c1-16-12(15)9-3-2-5-13(7-9)11(14)10-4-6-17-8-10/h4,6,8-9H,2-3,5,7H2,1H3. The molecular weight excluding hydrogens is 238 g/mol. The molecule has 0 aliphatic carbocycles. The van der Waals surface area contributed by atoms with E-state index in [1.807, 2.05) is 16.8 Å². The molecule has 2 rings (SSSR count). The van der Waals surface area contributed by atoms with Gasteiger partial charge in [-0.1, -0.05) is 0 Å². The molecule has 1 aromatic rings. The number of amides is 1. The first-order valence-corrected chi connectivity index (χ1v) is 6.56. The number of likely N-dealkylation sites (tertiary alicyclic amines) is 1. The van der Waals surface area contributed by atoms with Gasteiger partial charge in [0.05, 0.1) is 18.6 Å². The Morgan fingerprint density at radius 3 is 3.00 bits per heavy atom. The van der Waals surface area contributed by atoms with Gasteiger partial charge < -0.3 is 9.64 Å². The van der Waals surface area contributed by atoms with Gasteiger partial charge in [-0.15, -0.1) is 0 Å². The molecule has 0 aromatic carbocycles. The van der Waals surface area contributed by atoms with Crippen LogP contribution in [0.25, 0.3) is 0 Å². The third kappa shape index (κ3) is 2.66. The van der Waals surface area contributed by atoms with E-state index in [2.05, 4.69) is 0 Å². The first-order valence-electron chi connectivity index (χ1n) is 5.61. The Kier molecular flexibility index (Phi) is 3.78. The summed E-state index contributed by atoms with van der Waals surface area (Å²) >= 11 is 1.50. The van der Waals surface area contributed by atoms with E-state index in [0.717, 1.165) is 19.4 Å². The van der Waals surface area contributed by atoms with Crippen molar-refractivity contribution in [1.82, 2.24) is 4.90 Å². The van der Waals surface area contributed by atoms with Crippen LogP contribution < -0.4 is 0 Å². The fourth-order valence-corrected chi connectivity index (χ4v) is 2.72. The van der Waals surface area contributed by atoms with Gasteiger partial charge in [0.1, 0.15) is 0 Å². The number of methoxy groups -OCH3 is 1. The van der Waals surface area contributed by atoms with E-state index >= 15 is 0 Å². The zero-order valence-electron chi connectivity index (χ0n) is 9.72. The molecule has 1 aliphatic rings. The molecule has 0 radical (unpaired) electrons. The number of rotatable bonds is 2. The highest BCUT2D eigenvalue weighted by molar-refractivity contribution is 7.08.